The number of aromatic carboxylic acids is 1. The van der Waals surface area contributed by atoms with Crippen molar-refractivity contribution in [2.75, 3.05) is 0 Å². The van der Waals surface area contributed by atoms with Crippen LogP contribution in [0.15, 0.2) is 18.6 Å². The van der Waals surface area contributed by atoms with Crippen molar-refractivity contribution in [3.63, 3.8) is 0 Å². The molecule has 0 saturated heterocycles. The number of carboxylic acid groups (broad SMARTS) is 1. The topological polar surface area (TPSA) is 67.5 Å². The third-order valence-electron chi connectivity index (χ3n) is 1.87. The van der Waals surface area contributed by atoms with Gasteiger partial charge in [-0.25, -0.2) is 18.6 Å². The lowest BCUT2D eigenvalue weighted by atomic mass is 10.3. The second kappa shape index (κ2) is 3.26. The number of carbonyl (C=O) groups is 1. The molecule has 0 aromatic carbocycles. The van der Waals surface area contributed by atoms with Crippen LogP contribution >= 0.6 is 0 Å². The van der Waals surface area contributed by atoms with E-state index in [-0.39, 0.29) is 5.65 Å². The largest absolute Gasteiger partial charge is 0.476 e. The van der Waals surface area contributed by atoms with Crippen LogP contribution in [-0.4, -0.2) is 25.4 Å². The highest BCUT2D eigenvalue weighted by Crippen LogP contribution is 2.22. The van der Waals surface area contributed by atoms with Gasteiger partial charge in [0.05, 0.1) is 6.20 Å². The summed E-state index contributed by atoms with van der Waals surface area (Å²) in [5.74, 6) is -1.44. The van der Waals surface area contributed by atoms with Crippen molar-refractivity contribution >= 4 is 11.6 Å². The van der Waals surface area contributed by atoms with E-state index in [1.165, 1.54) is 18.6 Å². The highest BCUT2D eigenvalue weighted by Gasteiger charge is 2.24. The van der Waals surface area contributed by atoms with E-state index in [1.807, 2.05) is 0 Å². The number of halogens is 2. The van der Waals surface area contributed by atoms with Crippen LogP contribution < -0.4 is 0 Å². The van der Waals surface area contributed by atoms with Crippen molar-refractivity contribution in [1.82, 2.24) is 14.4 Å². The van der Waals surface area contributed by atoms with E-state index in [9.17, 15) is 13.6 Å². The van der Waals surface area contributed by atoms with Gasteiger partial charge in [-0.15, -0.1) is 0 Å². The Morgan fingerprint density at radius 3 is 2.87 bits per heavy atom. The number of alkyl halides is 2. The SMILES string of the molecule is O=C(O)c1c(C(F)F)nc2cnccn12. The third-order valence-corrected chi connectivity index (χ3v) is 1.87. The molecular formula is C8H5F2N3O2. The smallest absolute Gasteiger partial charge is 0.355 e. The highest BCUT2D eigenvalue weighted by atomic mass is 19.3. The summed E-state index contributed by atoms with van der Waals surface area (Å²) in [5, 5.41) is 8.79. The van der Waals surface area contributed by atoms with Crippen molar-refractivity contribution in [2.24, 2.45) is 0 Å². The van der Waals surface area contributed by atoms with Gasteiger partial charge in [-0.05, 0) is 0 Å². The molecule has 0 unspecified atom stereocenters. The molecule has 15 heavy (non-hydrogen) atoms. The van der Waals surface area contributed by atoms with Crippen LogP contribution in [0, 0.1) is 0 Å². The second-order valence-electron chi connectivity index (χ2n) is 2.76. The average molecular weight is 213 g/mol. The van der Waals surface area contributed by atoms with E-state index in [1.54, 1.807) is 0 Å². The zero-order chi connectivity index (χ0) is 11.0. The zero-order valence-electron chi connectivity index (χ0n) is 7.26. The van der Waals surface area contributed by atoms with Crippen molar-refractivity contribution in [1.29, 1.82) is 0 Å². The number of imidazole rings is 1. The minimum absolute atomic E-state index is 0.0881. The van der Waals surface area contributed by atoms with Crippen molar-refractivity contribution < 1.29 is 18.7 Å². The molecule has 0 radical (unpaired) electrons. The molecule has 78 valence electrons. The van der Waals surface area contributed by atoms with Gasteiger partial charge in [0.15, 0.2) is 11.3 Å². The quantitative estimate of drug-likeness (QED) is 0.817. The Bertz CT molecular complexity index is 524. The molecule has 0 amide bonds. The maximum atomic E-state index is 12.5. The van der Waals surface area contributed by atoms with Gasteiger partial charge in [-0.1, -0.05) is 0 Å². The molecule has 2 aromatic heterocycles. The van der Waals surface area contributed by atoms with Gasteiger partial charge in [0.2, 0.25) is 0 Å². The number of fused-ring (bicyclic) bond motifs is 1. The monoisotopic (exact) mass is 213 g/mol. The Hall–Kier alpha value is -2.05. The summed E-state index contributed by atoms with van der Waals surface area (Å²) in [5.41, 5.74) is -1.18. The summed E-state index contributed by atoms with van der Waals surface area (Å²) in [7, 11) is 0. The molecule has 5 nitrogen and oxygen atoms in total. The standard InChI is InChI=1S/C8H5F2N3O2/c9-7(10)5-6(8(14)15)13-2-1-11-3-4(13)12-5/h1-3,7H,(H,14,15). The maximum absolute atomic E-state index is 12.5. The average Bonchev–Trinajstić information content (AvgIpc) is 2.56. The van der Waals surface area contributed by atoms with Gasteiger partial charge in [0.25, 0.3) is 6.43 Å². The predicted octanol–water partition coefficient (Wildman–Crippen LogP) is 1.37. The first-order valence-electron chi connectivity index (χ1n) is 3.94. The Kier molecular flexibility index (Phi) is 2.07. The number of rotatable bonds is 2. The van der Waals surface area contributed by atoms with Gasteiger partial charge in [-0.2, -0.15) is 0 Å². The van der Waals surface area contributed by atoms with Crippen LogP contribution in [0.3, 0.4) is 0 Å². The van der Waals surface area contributed by atoms with E-state index in [0.29, 0.717) is 0 Å². The Morgan fingerprint density at radius 1 is 1.53 bits per heavy atom. The first-order valence-corrected chi connectivity index (χ1v) is 3.94. The highest BCUT2D eigenvalue weighted by molar-refractivity contribution is 5.88. The lowest BCUT2D eigenvalue weighted by Crippen LogP contribution is -2.05. The number of hydrogen-bond donors (Lipinski definition) is 1. The fourth-order valence-corrected chi connectivity index (χ4v) is 1.29. The van der Waals surface area contributed by atoms with Crippen molar-refractivity contribution in [2.45, 2.75) is 6.43 Å². The second-order valence-corrected chi connectivity index (χ2v) is 2.76. The molecule has 0 aliphatic rings. The van der Waals surface area contributed by atoms with Gasteiger partial charge in [0, 0.05) is 12.4 Å². The number of hydrogen-bond acceptors (Lipinski definition) is 3. The fraction of sp³-hybridized carbons (Fsp3) is 0.125. The molecule has 2 rings (SSSR count). The van der Waals surface area contributed by atoms with Crippen molar-refractivity contribution in [3.05, 3.63) is 30.0 Å². The maximum Gasteiger partial charge on any atom is 0.355 e. The summed E-state index contributed by atoms with van der Waals surface area (Å²) < 4.78 is 26.0. The molecular weight excluding hydrogens is 208 g/mol. The van der Waals surface area contributed by atoms with E-state index in [2.05, 4.69) is 9.97 Å². The number of carboxylic acids is 1. The molecule has 0 saturated carbocycles. The molecule has 0 spiro atoms. The van der Waals surface area contributed by atoms with Gasteiger partial charge in [0.1, 0.15) is 5.69 Å². The summed E-state index contributed by atoms with van der Waals surface area (Å²) in [6.45, 7) is 0. The Morgan fingerprint density at radius 2 is 2.27 bits per heavy atom. The molecule has 0 bridgehead atoms. The van der Waals surface area contributed by atoms with Crippen LogP contribution in [-0.2, 0) is 0 Å². The Balaban J connectivity index is 2.80. The van der Waals surface area contributed by atoms with Crippen LogP contribution in [0.2, 0.25) is 0 Å². The van der Waals surface area contributed by atoms with Gasteiger partial charge < -0.3 is 5.11 Å². The first-order chi connectivity index (χ1) is 7.11. The predicted molar refractivity (Wildman–Crippen MR) is 44.9 cm³/mol. The summed E-state index contributed by atoms with van der Waals surface area (Å²) in [6.07, 6.45) is 0.878. The van der Waals surface area contributed by atoms with Crippen LogP contribution in [0.25, 0.3) is 5.65 Å². The molecule has 2 aromatic rings. The van der Waals surface area contributed by atoms with Crippen molar-refractivity contribution in [3.8, 4) is 0 Å². The molecule has 1 N–H and O–H groups in total. The number of aromatic nitrogens is 3. The molecule has 0 aliphatic carbocycles. The van der Waals surface area contributed by atoms with Gasteiger partial charge in [-0.3, -0.25) is 9.38 Å². The lowest BCUT2D eigenvalue weighted by molar-refractivity contribution is 0.0675. The lowest BCUT2D eigenvalue weighted by Gasteiger charge is -1.97. The number of nitrogens with zero attached hydrogens (tertiary/aromatic N) is 3. The first kappa shape index (κ1) is 9.50. The fourth-order valence-electron chi connectivity index (χ4n) is 1.29. The molecule has 0 aliphatic heterocycles. The van der Waals surface area contributed by atoms with E-state index in [0.717, 1.165) is 4.40 Å². The van der Waals surface area contributed by atoms with E-state index in [4.69, 9.17) is 5.11 Å². The molecule has 2 heterocycles. The summed E-state index contributed by atoms with van der Waals surface area (Å²) in [4.78, 5) is 18.0. The van der Waals surface area contributed by atoms with Crippen LogP contribution in [0.5, 0.6) is 0 Å². The van der Waals surface area contributed by atoms with Gasteiger partial charge >= 0.3 is 5.97 Å². The molecule has 0 atom stereocenters. The summed E-state index contributed by atoms with van der Waals surface area (Å²) in [6, 6.07) is 0. The van der Waals surface area contributed by atoms with E-state index >= 15 is 0 Å². The molecule has 0 fully saturated rings. The Labute approximate surface area is 82.0 Å². The van der Waals surface area contributed by atoms with E-state index < -0.39 is 23.8 Å². The molecule has 7 heteroatoms. The third kappa shape index (κ3) is 1.41. The zero-order valence-corrected chi connectivity index (χ0v) is 7.26. The van der Waals surface area contributed by atoms with Crippen LogP contribution in [0.1, 0.15) is 22.6 Å². The summed E-state index contributed by atoms with van der Waals surface area (Å²) >= 11 is 0. The minimum Gasteiger partial charge on any atom is -0.476 e. The minimum atomic E-state index is -2.92. The normalized spacial score (nSPS) is 11.1. The van der Waals surface area contributed by atoms with Crippen LogP contribution in [0.4, 0.5) is 8.78 Å².